The highest BCUT2D eigenvalue weighted by atomic mass is 35.5. The Labute approximate surface area is 147 Å². The maximum atomic E-state index is 12.2. The van der Waals surface area contributed by atoms with Crippen molar-refractivity contribution < 1.29 is 17.8 Å². The lowest BCUT2D eigenvalue weighted by Gasteiger charge is -2.15. The average molecular weight is 397 g/mol. The van der Waals surface area contributed by atoms with Gasteiger partial charge in [-0.05, 0) is 23.8 Å². The first-order valence-electron chi connectivity index (χ1n) is 5.81. The van der Waals surface area contributed by atoms with Crippen LogP contribution in [0.3, 0.4) is 0 Å². The quantitative estimate of drug-likeness (QED) is 0.442. The van der Waals surface area contributed by atoms with Gasteiger partial charge in [0.05, 0.1) is 20.8 Å². The molecule has 1 amide bonds. The van der Waals surface area contributed by atoms with Gasteiger partial charge in [0, 0.05) is 16.6 Å². The third-order valence-corrected chi connectivity index (χ3v) is 5.31. The molecule has 1 aromatic rings. The summed E-state index contributed by atoms with van der Waals surface area (Å²) in [6.45, 7) is -0.262. The summed E-state index contributed by atoms with van der Waals surface area (Å²) in [5, 5.41) is 0.843. The molecule has 10 heteroatoms. The van der Waals surface area contributed by atoms with Crippen LogP contribution in [0.25, 0.3) is 6.08 Å². The Kier molecular flexibility index (Phi) is 5.52. The van der Waals surface area contributed by atoms with Crippen molar-refractivity contribution in [3.8, 4) is 0 Å². The van der Waals surface area contributed by atoms with Crippen LogP contribution < -0.4 is 0 Å². The predicted octanol–water partition coefficient (Wildman–Crippen LogP) is 2.74. The maximum absolute atomic E-state index is 12.2. The van der Waals surface area contributed by atoms with Gasteiger partial charge in [0.2, 0.25) is 0 Å². The van der Waals surface area contributed by atoms with Crippen molar-refractivity contribution >= 4 is 73.6 Å². The zero-order chi connectivity index (χ0) is 16.5. The minimum absolute atomic E-state index is 0.199. The molecular formula is C12H8Cl2NO4S3-. The molecule has 1 fully saturated rings. The summed E-state index contributed by atoms with van der Waals surface area (Å²) in [6.07, 6.45) is 1.55. The van der Waals surface area contributed by atoms with Crippen LogP contribution in [-0.4, -0.2) is 40.4 Å². The van der Waals surface area contributed by atoms with Crippen LogP contribution in [0.1, 0.15) is 5.56 Å². The van der Waals surface area contributed by atoms with Gasteiger partial charge in [0.15, 0.2) is 0 Å². The molecule has 0 unspecified atom stereocenters. The fourth-order valence-electron chi connectivity index (χ4n) is 1.66. The van der Waals surface area contributed by atoms with E-state index in [1.807, 2.05) is 0 Å². The van der Waals surface area contributed by atoms with Gasteiger partial charge in [0.25, 0.3) is 5.91 Å². The molecule has 2 rings (SSSR count). The molecular weight excluding hydrogens is 389 g/mol. The highest BCUT2D eigenvalue weighted by Crippen LogP contribution is 2.34. The molecule has 5 nitrogen and oxygen atoms in total. The SMILES string of the molecule is O=C1/C(=C\c2ccc(Cl)cc2Cl)SC(=S)N1CCS(=O)(=O)[O-]. The van der Waals surface area contributed by atoms with Gasteiger partial charge in [-0.2, -0.15) is 0 Å². The molecule has 0 aromatic heterocycles. The molecule has 1 aliphatic heterocycles. The van der Waals surface area contributed by atoms with Crippen LogP contribution in [0.5, 0.6) is 0 Å². The monoisotopic (exact) mass is 396 g/mol. The number of hydrogen-bond acceptors (Lipinski definition) is 6. The molecule has 22 heavy (non-hydrogen) atoms. The molecule has 1 aromatic carbocycles. The van der Waals surface area contributed by atoms with Crippen LogP contribution >= 0.6 is 47.2 Å². The Morgan fingerprint density at radius 3 is 2.64 bits per heavy atom. The topological polar surface area (TPSA) is 77.5 Å². The minimum atomic E-state index is -4.41. The van der Waals surface area contributed by atoms with Gasteiger partial charge in [-0.3, -0.25) is 9.69 Å². The van der Waals surface area contributed by atoms with Crippen LogP contribution in [0, 0.1) is 0 Å². The first kappa shape index (κ1) is 17.7. The van der Waals surface area contributed by atoms with E-state index in [0.29, 0.717) is 20.5 Å². The van der Waals surface area contributed by atoms with E-state index in [0.717, 1.165) is 16.7 Å². The molecule has 0 radical (unpaired) electrons. The first-order valence-corrected chi connectivity index (χ1v) is 9.37. The van der Waals surface area contributed by atoms with E-state index in [4.69, 9.17) is 35.4 Å². The lowest BCUT2D eigenvalue weighted by atomic mass is 10.2. The van der Waals surface area contributed by atoms with E-state index in [1.165, 1.54) is 0 Å². The number of amides is 1. The maximum Gasteiger partial charge on any atom is 0.266 e. The fraction of sp³-hybridized carbons (Fsp3) is 0.167. The van der Waals surface area contributed by atoms with Crippen LogP contribution in [0.2, 0.25) is 10.0 Å². The molecule has 0 spiro atoms. The fourth-order valence-corrected chi connectivity index (χ4v) is 3.82. The second-order valence-corrected chi connectivity index (χ2v) is 8.30. The van der Waals surface area contributed by atoms with Gasteiger partial charge in [0.1, 0.15) is 4.32 Å². The van der Waals surface area contributed by atoms with E-state index in [-0.39, 0.29) is 10.9 Å². The van der Waals surface area contributed by atoms with Crippen molar-refractivity contribution in [2.45, 2.75) is 0 Å². The molecule has 0 atom stereocenters. The largest absolute Gasteiger partial charge is 0.748 e. The summed E-state index contributed by atoms with van der Waals surface area (Å²) in [7, 11) is -4.41. The second kappa shape index (κ2) is 6.86. The van der Waals surface area contributed by atoms with Gasteiger partial charge in [-0.1, -0.05) is 53.2 Å². The summed E-state index contributed by atoms with van der Waals surface area (Å²) in [5.41, 5.74) is 0.586. The zero-order valence-corrected chi connectivity index (χ0v) is 14.7. The number of rotatable bonds is 4. The van der Waals surface area contributed by atoms with Crippen LogP contribution in [0.15, 0.2) is 23.1 Å². The van der Waals surface area contributed by atoms with Gasteiger partial charge in [-0.15, -0.1) is 0 Å². The first-order chi connectivity index (χ1) is 10.2. The van der Waals surface area contributed by atoms with E-state index < -0.39 is 21.8 Å². The summed E-state index contributed by atoms with van der Waals surface area (Å²) >= 11 is 17.9. The number of nitrogens with zero attached hydrogens (tertiary/aromatic N) is 1. The molecule has 0 saturated carbocycles. The molecule has 0 bridgehead atoms. The number of thiocarbonyl (C=S) groups is 1. The van der Waals surface area contributed by atoms with Crippen molar-refractivity contribution in [3.63, 3.8) is 0 Å². The summed E-state index contributed by atoms with van der Waals surface area (Å²) in [6, 6.07) is 4.82. The summed E-state index contributed by atoms with van der Waals surface area (Å²) in [5.74, 6) is -1.14. The van der Waals surface area contributed by atoms with E-state index in [2.05, 4.69) is 0 Å². The molecule has 1 saturated heterocycles. The standard InChI is InChI=1S/C12H9Cl2NO4S3/c13-8-2-1-7(9(14)6-8)5-10-11(16)15(12(20)21-10)3-4-22(17,18)19/h1-2,5-6H,3-4H2,(H,17,18,19)/p-1/b10-5+. The Bertz CT molecular complexity index is 777. The number of hydrogen-bond donors (Lipinski definition) is 0. The number of carbonyl (C=O) groups excluding carboxylic acids is 1. The third kappa shape index (κ3) is 4.43. The van der Waals surface area contributed by atoms with Gasteiger partial charge in [-0.25, -0.2) is 8.42 Å². The molecule has 1 aliphatic rings. The molecule has 0 N–H and O–H groups in total. The van der Waals surface area contributed by atoms with Crippen molar-refractivity contribution in [2.24, 2.45) is 0 Å². The number of thioether (sulfide) groups is 1. The number of halogens is 2. The lowest BCUT2D eigenvalue weighted by molar-refractivity contribution is -0.121. The van der Waals surface area contributed by atoms with Gasteiger partial charge < -0.3 is 4.55 Å². The zero-order valence-electron chi connectivity index (χ0n) is 10.8. The van der Waals surface area contributed by atoms with E-state index in [1.54, 1.807) is 24.3 Å². The Hall–Kier alpha value is -0.640. The normalized spacial score (nSPS) is 17.6. The number of benzene rings is 1. The Morgan fingerprint density at radius 1 is 1.36 bits per heavy atom. The Balaban J connectivity index is 2.22. The molecule has 1 heterocycles. The van der Waals surface area contributed by atoms with Crippen LogP contribution in [-0.2, 0) is 14.9 Å². The average Bonchev–Trinajstić information content (AvgIpc) is 2.65. The summed E-state index contributed by atoms with van der Waals surface area (Å²) < 4.78 is 32.2. The highest BCUT2D eigenvalue weighted by molar-refractivity contribution is 8.26. The van der Waals surface area contributed by atoms with E-state index >= 15 is 0 Å². The third-order valence-electron chi connectivity index (χ3n) is 2.69. The van der Waals surface area contributed by atoms with Crippen molar-refractivity contribution in [2.75, 3.05) is 12.3 Å². The molecule has 0 aliphatic carbocycles. The van der Waals surface area contributed by atoms with Gasteiger partial charge >= 0.3 is 0 Å². The van der Waals surface area contributed by atoms with E-state index in [9.17, 15) is 17.8 Å². The number of carbonyl (C=O) groups is 1. The van der Waals surface area contributed by atoms with Crippen LogP contribution in [0.4, 0.5) is 0 Å². The van der Waals surface area contributed by atoms with Crippen molar-refractivity contribution in [3.05, 3.63) is 38.7 Å². The minimum Gasteiger partial charge on any atom is -0.748 e. The Morgan fingerprint density at radius 2 is 2.05 bits per heavy atom. The second-order valence-electron chi connectivity index (χ2n) is 4.26. The lowest BCUT2D eigenvalue weighted by Crippen LogP contribution is -2.32. The molecule has 118 valence electrons. The van der Waals surface area contributed by atoms with Crippen molar-refractivity contribution in [1.82, 2.24) is 4.90 Å². The smallest absolute Gasteiger partial charge is 0.266 e. The van der Waals surface area contributed by atoms with Crippen molar-refractivity contribution in [1.29, 1.82) is 0 Å². The highest BCUT2D eigenvalue weighted by Gasteiger charge is 2.32. The summed E-state index contributed by atoms with van der Waals surface area (Å²) in [4.78, 5) is 13.6. The predicted molar refractivity (Wildman–Crippen MR) is 90.9 cm³/mol.